The second-order valence-electron chi connectivity index (χ2n) is 6.10. The molecule has 0 bridgehead atoms. The van der Waals surface area contributed by atoms with E-state index in [0.29, 0.717) is 16.5 Å². The summed E-state index contributed by atoms with van der Waals surface area (Å²) in [5, 5.41) is 0. The molecule has 2 aliphatic heterocycles. The summed E-state index contributed by atoms with van der Waals surface area (Å²) in [6, 6.07) is 4.25. The van der Waals surface area contributed by atoms with E-state index in [4.69, 9.17) is 16.3 Å². The molecule has 1 aromatic rings. The van der Waals surface area contributed by atoms with Gasteiger partial charge in [0.05, 0.1) is 15.3 Å². The summed E-state index contributed by atoms with van der Waals surface area (Å²) in [6.45, 7) is 3.95. The van der Waals surface area contributed by atoms with Crippen LogP contribution in [0.4, 0.5) is 0 Å². The molecule has 2 saturated heterocycles. The zero-order valence-electron chi connectivity index (χ0n) is 13.0. The van der Waals surface area contributed by atoms with E-state index in [1.165, 1.54) is 11.3 Å². The molecule has 0 aromatic carbocycles. The lowest BCUT2D eigenvalue weighted by Crippen LogP contribution is -2.49. The van der Waals surface area contributed by atoms with Gasteiger partial charge < -0.3 is 14.5 Å². The van der Waals surface area contributed by atoms with Gasteiger partial charge >= 0.3 is 0 Å². The highest BCUT2D eigenvalue weighted by Gasteiger charge is 2.30. The van der Waals surface area contributed by atoms with Gasteiger partial charge in [-0.2, -0.15) is 0 Å². The van der Waals surface area contributed by atoms with Crippen LogP contribution >= 0.6 is 22.9 Å². The lowest BCUT2D eigenvalue weighted by molar-refractivity contribution is 0.0146. The fourth-order valence-corrected chi connectivity index (χ4v) is 4.51. The summed E-state index contributed by atoms with van der Waals surface area (Å²) >= 11 is 7.29. The minimum absolute atomic E-state index is 0.133. The van der Waals surface area contributed by atoms with Gasteiger partial charge in [-0.15, -0.1) is 11.3 Å². The van der Waals surface area contributed by atoms with Crippen LogP contribution in [0.2, 0.25) is 4.34 Å². The molecule has 122 valence electrons. The van der Waals surface area contributed by atoms with Crippen molar-refractivity contribution in [2.75, 3.05) is 33.3 Å². The molecule has 2 aliphatic rings. The monoisotopic (exact) mass is 342 g/mol. The summed E-state index contributed by atoms with van der Waals surface area (Å²) in [5.41, 5.74) is 0. The Kier molecular flexibility index (Phi) is 5.39. The molecule has 1 aromatic heterocycles. The third kappa shape index (κ3) is 3.65. The van der Waals surface area contributed by atoms with Crippen LogP contribution in [-0.2, 0) is 4.74 Å². The first-order valence-corrected chi connectivity index (χ1v) is 9.18. The first-order valence-electron chi connectivity index (χ1n) is 7.99. The Morgan fingerprint density at radius 3 is 2.41 bits per heavy atom. The molecule has 0 atom stereocenters. The van der Waals surface area contributed by atoms with Crippen LogP contribution in [0.25, 0.3) is 0 Å². The van der Waals surface area contributed by atoms with Gasteiger partial charge in [-0.25, -0.2) is 0 Å². The van der Waals surface area contributed by atoms with Crippen LogP contribution in [0.1, 0.15) is 35.4 Å². The maximum atomic E-state index is 12.4. The van der Waals surface area contributed by atoms with Crippen molar-refractivity contribution in [3.8, 4) is 0 Å². The van der Waals surface area contributed by atoms with Crippen molar-refractivity contribution in [2.24, 2.45) is 0 Å². The number of carbonyl (C=O) groups is 1. The number of ether oxygens (including phenoxy) is 1. The van der Waals surface area contributed by atoms with Crippen molar-refractivity contribution in [1.29, 1.82) is 0 Å². The molecule has 0 N–H and O–H groups in total. The minimum Gasteiger partial charge on any atom is -0.381 e. The zero-order valence-corrected chi connectivity index (χ0v) is 14.5. The lowest BCUT2D eigenvalue weighted by atomic mass is 9.99. The standard InChI is InChI=1S/C16H23ClN2O2S/c1-21-13-6-10-18(11-7-13)12-4-8-19(9-5-12)16(20)14-2-3-15(17)22-14/h2-3,12-13H,4-11H2,1H3. The molecule has 0 spiro atoms. The third-order valence-electron chi connectivity index (χ3n) is 4.86. The van der Waals surface area contributed by atoms with Gasteiger partial charge in [-0.3, -0.25) is 4.79 Å². The normalized spacial score (nSPS) is 22.2. The van der Waals surface area contributed by atoms with E-state index in [1.807, 2.05) is 11.0 Å². The largest absolute Gasteiger partial charge is 0.381 e. The van der Waals surface area contributed by atoms with Gasteiger partial charge in [-0.1, -0.05) is 11.6 Å². The second-order valence-corrected chi connectivity index (χ2v) is 7.81. The lowest BCUT2D eigenvalue weighted by Gasteiger charge is -2.41. The van der Waals surface area contributed by atoms with Gasteiger partial charge in [0.25, 0.3) is 5.91 Å². The smallest absolute Gasteiger partial charge is 0.263 e. The van der Waals surface area contributed by atoms with Crippen LogP contribution in [0, 0.1) is 0 Å². The van der Waals surface area contributed by atoms with Crippen molar-refractivity contribution >= 4 is 28.8 Å². The van der Waals surface area contributed by atoms with Crippen LogP contribution < -0.4 is 0 Å². The first-order chi connectivity index (χ1) is 10.7. The van der Waals surface area contributed by atoms with Crippen molar-refractivity contribution in [3.05, 3.63) is 21.3 Å². The number of halogens is 1. The molecule has 3 heterocycles. The topological polar surface area (TPSA) is 32.8 Å². The van der Waals surface area contributed by atoms with Gasteiger partial charge in [0.15, 0.2) is 0 Å². The number of thiophene rings is 1. The van der Waals surface area contributed by atoms with Gasteiger partial charge in [0, 0.05) is 39.3 Å². The molecule has 4 nitrogen and oxygen atoms in total. The molecule has 0 unspecified atom stereocenters. The molecular formula is C16H23ClN2O2S. The van der Waals surface area contributed by atoms with Crippen molar-refractivity contribution < 1.29 is 9.53 Å². The molecule has 2 fully saturated rings. The number of piperidine rings is 2. The zero-order chi connectivity index (χ0) is 15.5. The summed E-state index contributed by atoms with van der Waals surface area (Å²) < 4.78 is 6.12. The molecule has 0 radical (unpaired) electrons. The van der Waals surface area contributed by atoms with E-state index < -0.39 is 0 Å². The maximum Gasteiger partial charge on any atom is 0.263 e. The SMILES string of the molecule is COC1CCN(C2CCN(C(=O)c3ccc(Cl)s3)CC2)CC1. The average molecular weight is 343 g/mol. The second kappa shape index (κ2) is 7.30. The van der Waals surface area contributed by atoms with Crippen LogP contribution in [0.5, 0.6) is 0 Å². The van der Waals surface area contributed by atoms with E-state index >= 15 is 0 Å². The number of amides is 1. The fraction of sp³-hybridized carbons (Fsp3) is 0.688. The maximum absolute atomic E-state index is 12.4. The Morgan fingerprint density at radius 1 is 1.18 bits per heavy atom. The molecule has 1 amide bonds. The minimum atomic E-state index is 0.133. The van der Waals surface area contributed by atoms with Crippen molar-refractivity contribution in [3.63, 3.8) is 0 Å². The molecule has 0 saturated carbocycles. The van der Waals surface area contributed by atoms with Crippen LogP contribution in [-0.4, -0.2) is 61.1 Å². The number of carbonyl (C=O) groups excluding carboxylic acids is 1. The summed E-state index contributed by atoms with van der Waals surface area (Å²) in [6.07, 6.45) is 4.83. The highest BCUT2D eigenvalue weighted by atomic mass is 35.5. The number of likely N-dealkylation sites (tertiary alicyclic amines) is 2. The van der Waals surface area contributed by atoms with Crippen molar-refractivity contribution in [2.45, 2.75) is 37.8 Å². The van der Waals surface area contributed by atoms with E-state index in [-0.39, 0.29) is 5.91 Å². The Bertz CT molecular complexity index is 506. The predicted octanol–water partition coefficient (Wildman–Crippen LogP) is 3.12. The molecule has 6 heteroatoms. The number of methoxy groups -OCH3 is 1. The van der Waals surface area contributed by atoms with Gasteiger partial charge in [0.2, 0.25) is 0 Å². The summed E-state index contributed by atoms with van der Waals surface area (Å²) in [7, 11) is 1.81. The molecule has 3 rings (SSSR count). The van der Waals surface area contributed by atoms with E-state index in [1.54, 1.807) is 13.2 Å². The van der Waals surface area contributed by atoms with Crippen molar-refractivity contribution in [1.82, 2.24) is 9.80 Å². The summed E-state index contributed by atoms with van der Waals surface area (Å²) in [4.78, 5) is 17.7. The Hall–Kier alpha value is -0.620. The number of hydrogen-bond donors (Lipinski definition) is 0. The highest BCUT2D eigenvalue weighted by molar-refractivity contribution is 7.17. The molecule has 22 heavy (non-hydrogen) atoms. The van der Waals surface area contributed by atoms with Gasteiger partial charge in [-0.05, 0) is 37.8 Å². The fourth-order valence-electron chi connectivity index (χ4n) is 3.50. The highest BCUT2D eigenvalue weighted by Crippen LogP contribution is 2.26. The van der Waals surface area contributed by atoms with E-state index in [0.717, 1.165) is 56.7 Å². The molecular weight excluding hydrogens is 320 g/mol. The number of hydrogen-bond acceptors (Lipinski definition) is 4. The Balaban J connectivity index is 1.49. The van der Waals surface area contributed by atoms with E-state index in [2.05, 4.69) is 4.90 Å². The number of nitrogens with zero attached hydrogens (tertiary/aromatic N) is 2. The van der Waals surface area contributed by atoms with E-state index in [9.17, 15) is 4.79 Å². The molecule has 0 aliphatic carbocycles. The Labute approximate surface area is 141 Å². The predicted molar refractivity (Wildman–Crippen MR) is 89.9 cm³/mol. The van der Waals surface area contributed by atoms with Gasteiger partial charge in [0.1, 0.15) is 0 Å². The first kappa shape index (κ1) is 16.2. The average Bonchev–Trinajstić information content (AvgIpc) is 3.01. The summed E-state index contributed by atoms with van der Waals surface area (Å²) in [5.74, 6) is 0.133. The number of rotatable bonds is 3. The third-order valence-corrected chi connectivity index (χ3v) is 6.08. The quantitative estimate of drug-likeness (QED) is 0.846. The van der Waals surface area contributed by atoms with Crippen LogP contribution in [0.3, 0.4) is 0 Å². The Morgan fingerprint density at radius 2 is 1.86 bits per heavy atom. The van der Waals surface area contributed by atoms with Crippen LogP contribution in [0.15, 0.2) is 12.1 Å².